The van der Waals surface area contributed by atoms with E-state index in [0.29, 0.717) is 11.7 Å². The highest BCUT2D eigenvalue weighted by Gasteiger charge is 2.17. The number of benzene rings is 1. The Hall–Kier alpha value is -0.670. The van der Waals surface area contributed by atoms with Crippen molar-refractivity contribution in [1.29, 1.82) is 0 Å². The summed E-state index contributed by atoms with van der Waals surface area (Å²) in [4.78, 5) is 0. The molecule has 0 radical (unpaired) electrons. The van der Waals surface area contributed by atoms with E-state index in [-0.39, 0.29) is 6.04 Å². The lowest BCUT2D eigenvalue weighted by Gasteiger charge is -2.21. The average Bonchev–Trinajstić information content (AvgIpc) is 2.33. The second-order valence-electron chi connectivity index (χ2n) is 6.15. The smallest absolute Gasteiger partial charge is 0.0439 e. The molecule has 114 valence electrons. The third-order valence-electron chi connectivity index (χ3n) is 3.71. The van der Waals surface area contributed by atoms with Gasteiger partial charge in [0.2, 0.25) is 0 Å². The van der Waals surface area contributed by atoms with Gasteiger partial charge < -0.3 is 5.32 Å². The van der Waals surface area contributed by atoms with Crippen molar-refractivity contribution >= 4 is 10.8 Å². The van der Waals surface area contributed by atoms with Gasteiger partial charge in [-0.3, -0.25) is 4.21 Å². The van der Waals surface area contributed by atoms with Crippen LogP contribution >= 0.6 is 0 Å². The minimum absolute atomic E-state index is 0.184. The molecule has 0 amide bonds. The molecule has 0 fully saturated rings. The second kappa shape index (κ2) is 7.94. The summed E-state index contributed by atoms with van der Waals surface area (Å²) in [6.07, 6.45) is 1.04. The third-order valence-corrected chi connectivity index (χ3v) is 5.11. The molecule has 0 aliphatic rings. The molecule has 1 rings (SSSR count). The van der Waals surface area contributed by atoms with Gasteiger partial charge in [-0.2, -0.15) is 0 Å². The maximum Gasteiger partial charge on any atom is 0.0439 e. The van der Waals surface area contributed by atoms with Crippen LogP contribution in [0.3, 0.4) is 0 Å². The lowest BCUT2D eigenvalue weighted by atomic mass is 9.95. The second-order valence-corrected chi connectivity index (χ2v) is 7.77. The van der Waals surface area contributed by atoms with Gasteiger partial charge in [-0.25, -0.2) is 0 Å². The van der Waals surface area contributed by atoms with E-state index in [4.69, 9.17) is 0 Å². The largest absolute Gasteiger partial charge is 0.312 e. The minimum Gasteiger partial charge on any atom is -0.312 e. The zero-order valence-corrected chi connectivity index (χ0v) is 14.6. The first kappa shape index (κ1) is 17.4. The summed E-state index contributed by atoms with van der Waals surface area (Å²) >= 11 is 0. The first-order chi connectivity index (χ1) is 9.35. The first-order valence-corrected chi connectivity index (χ1v) is 8.94. The van der Waals surface area contributed by atoms with Crippen LogP contribution in [-0.4, -0.2) is 22.8 Å². The summed E-state index contributed by atoms with van der Waals surface area (Å²) in [6.45, 7) is 10.8. The molecule has 20 heavy (non-hydrogen) atoms. The Bertz CT molecular complexity index is 445. The Balaban J connectivity index is 2.84. The van der Waals surface area contributed by atoms with E-state index in [1.807, 2.05) is 7.05 Å². The van der Waals surface area contributed by atoms with E-state index >= 15 is 0 Å². The van der Waals surface area contributed by atoms with Crippen LogP contribution in [0.5, 0.6) is 0 Å². The van der Waals surface area contributed by atoms with Crippen molar-refractivity contribution in [2.24, 2.45) is 5.92 Å². The molecule has 2 unspecified atom stereocenters. The van der Waals surface area contributed by atoms with Crippen LogP contribution in [0, 0.1) is 26.7 Å². The fourth-order valence-electron chi connectivity index (χ4n) is 2.69. The Morgan fingerprint density at radius 2 is 1.70 bits per heavy atom. The molecule has 0 aliphatic carbocycles. The normalized spacial score (nSPS) is 14.6. The quantitative estimate of drug-likeness (QED) is 0.831. The molecule has 2 atom stereocenters. The molecular formula is C17H29NOS. The number of hydrogen-bond donors (Lipinski definition) is 1. The number of hydrogen-bond acceptors (Lipinski definition) is 2. The van der Waals surface area contributed by atoms with Crippen LogP contribution in [0.2, 0.25) is 0 Å². The van der Waals surface area contributed by atoms with Gasteiger partial charge in [0.25, 0.3) is 0 Å². The van der Waals surface area contributed by atoms with E-state index in [2.05, 4.69) is 52.1 Å². The molecule has 2 nitrogen and oxygen atoms in total. The van der Waals surface area contributed by atoms with E-state index < -0.39 is 10.8 Å². The van der Waals surface area contributed by atoms with Crippen molar-refractivity contribution in [3.63, 3.8) is 0 Å². The summed E-state index contributed by atoms with van der Waals surface area (Å²) in [5, 5.41) is 3.34. The predicted octanol–water partition coefficient (Wildman–Crippen LogP) is 3.67. The summed E-state index contributed by atoms with van der Waals surface area (Å²) < 4.78 is 12.3. The van der Waals surface area contributed by atoms with Crippen molar-refractivity contribution in [3.8, 4) is 0 Å². The van der Waals surface area contributed by atoms with Crippen LogP contribution in [0.15, 0.2) is 12.1 Å². The maximum absolute atomic E-state index is 12.3. The standard InChI is InChI=1S/C17H29NOS/c1-12(2)7-8-20(19)11-16(18-6)17-14(4)9-13(3)10-15(17)5/h9-10,12,16,18H,7-8,11H2,1-6H3. The molecule has 0 bridgehead atoms. The Labute approximate surface area is 126 Å². The highest BCUT2D eigenvalue weighted by Crippen LogP contribution is 2.24. The van der Waals surface area contributed by atoms with Crippen molar-refractivity contribution in [3.05, 3.63) is 34.4 Å². The van der Waals surface area contributed by atoms with Gasteiger partial charge in [-0.15, -0.1) is 0 Å². The van der Waals surface area contributed by atoms with Crippen molar-refractivity contribution in [1.82, 2.24) is 5.32 Å². The summed E-state index contributed by atoms with van der Waals surface area (Å²) in [6, 6.07) is 4.61. The zero-order valence-electron chi connectivity index (χ0n) is 13.7. The minimum atomic E-state index is -0.755. The highest BCUT2D eigenvalue weighted by molar-refractivity contribution is 7.85. The van der Waals surface area contributed by atoms with E-state index in [0.717, 1.165) is 12.2 Å². The molecule has 0 saturated heterocycles. The van der Waals surface area contributed by atoms with Gasteiger partial charge in [-0.05, 0) is 56.8 Å². The van der Waals surface area contributed by atoms with Gasteiger partial charge in [0.1, 0.15) is 0 Å². The van der Waals surface area contributed by atoms with Crippen LogP contribution in [0.4, 0.5) is 0 Å². The fraction of sp³-hybridized carbons (Fsp3) is 0.647. The van der Waals surface area contributed by atoms with Gasteiger partial charge >= 0.3 is 0 Å². The van der Waals surface area contributed by atoms with Gasteiger partial charge in [0.05, 0.1) is 0 Å². The van der Waals surface area contributed by atoms with Crippen LogP contribution in [-0.2, 0) is 10.8 Å². The van der Waals surface area contributed by atoms with Crippen molar-refractivity contribution in [2.75, 3.05) is 18.6 Å². The number of aryl methyl sites for hydroxylation is 3. The lowest BCUT2D eigenvalue weighted by Crippen LogP contribution is -2.25. The molecule has 0 spiro atoms. The summed E-state index contributed by atoms with van der Waals surface area (Å²) in [5.74, 6) is 2.13. The lowest BCUT2D eigenvalue weighted by molar-refractivity contribution is 0.606. The summed E-state index contributed by atoms with van der Waals surface area (Å²) in [5.41, 5.74) is 5.20. The highest BCUT2D eigenvalue weighted by atomic mass is 32.2. The molecule has 3 heteroatoms. The fourth-order valence-corrected chi connectivity index (χ4v) is 4.29. The molecular weight excluding hydrogens is 266 g/mol. The Morgan fingerprint density at radius 3 is 2.15 bits per heavy atom. The topological polar surface area (TPSA) is 29.1 Å². The molecule has 0 saturated carbocycles. The first-order valence-electron chi connectivity index (χ1n) is 7.45. The van der Waals surface area contributed by atoms with Crippen molar-refractivity contribution < 1.29 is 4.21 Å². The Kier molecular flexibility index (Phi) is 6.90. The molecule has 1 aromatic carbocycles. The molecule has 0 heterocycles. The molecule has 0 aliphatic heterocycles. The number of nitrogens with one attached hydrogen (secondary N) is 1. The third kappa shape index (κ3) is 5.02. The van der Waals surface area contributed by atoms with Crippen LogP contribution < -0.4 is 5.32 Å². The van der Waals surface area contributed by atoms with Crippen molar-refractivity contribution in [2.45, 2.75) is 47.1 Å². The van der Waals surface area contributed by atoms with Crippen LogP contribution in [0.1, 0.15) is 48.6 Å². The van der Waals surface area contributed by atoms with E-state index in [1.165, 1.54) is 22.3 Å². The van der Waals surface area contributed by atoms with Gasteiger partial charge in [0, 0.05) is 28.3 Å². The van der Waals surface area contributed by atoms with Gasteiger partial charge in [-0.1, -0.05) is 31.5 Å². The zero-order chi connectivity index (χ0) is 15.3. The molecule has 1 aromatic rings. The van der Waals surface area contributed by atoms with Gasteiger partial charge in [0.15, 0.2) is 0 Å². The average molecular weight is 295 g/mol. The maximum atomic E-state index is 12.3. The monoisotopic (exact) mass is 295 g/mol. The van der Waals surface area contributed by atoms with Crippen LogP contribution in [0.25, 0.3) is 0 Å². The molecule has 0 aromatic heterocycles. The number of rotatable bonds is 7. The Morgan fingerprint density at radius 1 is 1.15 bits per heavy atom. The van der Waals surface area contributed by atoms with E-state index in [1.54, 1.807) is 0 Å². The summed E-state index contributed by atoms with van der Waals surface area (Å²) in [7, 11) is 1.21. The SMILES string of the molecule is CNC(CS(=O)CCC(C)C)c1c(C)cc(C)cc1C. The molecule has 1 N–H and O–H groups in total. The predicted molar refractivity (Wildman–Crippen MR) is 89.8 cm³/mol. The van der Waals surface area contributed by atoms with E-state index in [9.17, 15) is 4.21 Å².